The van der Waals surface area contributed by atoms with Crippen LogP contribution >= 0.6 is 0 Å². The van der Waals surface area contributed by atoms with Gasteiger partial charge in [0, 0.05) is 13.0 Å². The van der Waals surface area contributed by atoms with E-state index in [1.807, 2.05) is 19.1 Å². The quantitative estimate of drug-likeness (QED) is 0.730. The van der Waals surface area contributed by atoms with Gasteiger partial charge in [-0.15, -0.1) is 0 Å². The molecule has 0 saturated carbocycles. The molecule has 2 nitrogen and oxygen atoms in total. The summed E-state index contributed by atoms with van der Waals surface area (Å²) < 4.78 is 0. The molecule has 0 amide bonds. The third-order valence-corrected chi connectivity index (χ3v) is 2.95. The Balaban J connectivity index is 3.08. The monoisotopic (exact) mass is 193 g/mol. The van der Waals surface area contributed by atoms with Gasteiger partial charge in [0.25, 0.3) is 0 Å². The van der Waals surface area contributed by atoms with E-state index in [1.54, 1.807) is 0 Å². The smallest absolute Gasteiger partial charge is 0.158 e. The Bertz CT molecular complexity index is 297. The average molecular weight is 193 g/mol. The molecule has 2 heteroatoms. The fourth-order valence-electron chi connectivity index (χ4n) is 1.94. The normalized spacial score (nSPS) is 22.1. The second-order valence-electron chi connectivity index (χ2n) is 4.48. The van der Waals surface area contributed by atoms with Crippen LogP contribution in [0.15, 0.2) is 23.3 Å². The van der Waals surface area contributed by atoms with Crippen molar-refractivity contribution in [2.45, 2.75) is 33.6 Å². The van der Waals surface area contributed by atoms with Gasteiger partial charge in [-0.3, -0.25) is 4.79 Å². The predicted molar refractivity (Wildman–Crippen MR) is 58.9 cm³/mol. The summed E-state index contributed by atoms with van der Waals surface area (Å²) in [4.78, 5) is 11.5. The van der Waals surface area contributed by atoms with Gasteiger partial charge in [-0.05, 0) is 29.9 Å². The van der Waals surface area contributed by atoms with Crippen LogP contribution in [-0.2, 0) is 4.79 Å². The van der Waals surface area contributed by atoms with E-state index in [-0.39, 0.29) is 11.2 Å². The van der Waals surface area contributed by atoms with Crippen LogP contribution in [0.4, 0.5) is 0 Å². The molecule has 0 fully saturated rings. The van der Waals surface area contributed by atoms with Crippen molar-refractivity contribution in [3.8, 4) is 0 Å². The van der Waals surface area contributed by atoms with Crippen molar-refractivity contribution in [1.82, 2.24) is 0 Å². The number of ketones is 1. The summed E-state index contributed by atoms with van der Waals surface area (Å²) in [6.07, 6.45) is 5.54. The van der Waals surface area contributed by atoms with Gasteiger partial charge in [-0.25, -0.2) is 0 Å². The van der Waals surface area contributed by atoms with Gasteiger partial charge in [0.1, 0.15) is 0 Å². The number of allylic oxidation sites excluding steroid dienone is 3. The summed E-state index contributed by atoms with van der Waals surface area (Å²) in [6, 6.07) is 0. The summed E-state index contributed by atoms with van der Waals surface area (Å²) in [7, 11) is 0. The predicted octanol–water partition coefficient (Wildman–Crippen LogP) is 2.21. The Labute approximate surface area is 85.9 Å². The lowest BCUT2D eigenvalue weighted by atomic mass is 9.72. The third-order valence-electron chi connectivity index (χ3n) is 2.95. The van der Waals surface area contributed by atoms with Gasteiger partial charge in [0.15, 0.2) is 5.78 Å². The number of carbonyl (C=O) groups excluding carboxylic acids is 1. The van der Waals surface area contributed by atoms with E-state index in [0.29, 0.717) is 13.0 Å². The Morgan fingerprint density at radius 1 is 1.50 bits per heavy atom. The van der Waals surface area contributed by atoms with E-state index in [0.717, 1.165) is 17.6 Å². The molecule has 0 unspecified atom stereocenters. The first-order valence-corrected chi connectivity index (χ1v) is 5.10. The van der Waals surface area contributed by atoms with Crippen molar-refractivity contribution in [3.05, 3.63) is 23.3 Å². The minimum absolute atomic E-state index is 0.115. The molecule has 78 valence electrons. The maximum absolute atomic E-state index is 11.5. The van der Waals surface area contributed by atoms with E-state index in [4.69, 9.17) is 5.73 Å². The molecule has 14 heavy (non-hydrogen) atoms. The molecule has 0 aliphatic heterocycles. The first-order chi connectivity index (χ1) is 6.49. The summed E-state index contributed by atoms with van der Waals surface area (Å²) in [5.74, 6) is 0.279. The summed E-state index contributed by atoms with van der Waals surface area (Å²) in [6.45, 7) is 6.80. The molecule has 0 aromatic heterocycles. The largest absolute Gasteiger partial charge is 0.327 e. The standard InChI is InChI=1S/C12H19NO/c1-9-10(5-4-8-13)12(2,3)7-6-11(9)14/h4-5H,6-8,13H2,1-3H3/b5-4+. The molecule has 0 saturated heterocycles. The molecule has 2 N–H and O–H groups in total. The van der Waals surface area contributed by atoms with Gasteiger partial charge in [-0.1, -0.05) is 26.0 Å². The fourth-order valence-corrected chi connectivity index (χ4v) is 1.94. The highest BCUT2D eigenvalue weighted by atomic mass is 16.1. The maximum Gasteiger partial charge on any atom is 0.158 e. The minimum Gasteiger partial charge on any atom is -0.327 e. The van der Waals surface area contributed by atoms with Crippen molar-refractivity contribution in [2.24, 2.45) is 11.1 Å². The van der Waals surface area contributed by atoms with Crippen LogP contribution < -0.4 is 5.73 Å². The highest BCUT2D eigenvalue weighted by Crippen LogP contribution is 2.39. The Hall–Kier alpha value is -0.890. The molecule has 0 bridgehead atoms. The molecule has 0 spiro atoms. The minimum atomic E-state index is 0.115. The number of hydrogen-bond donors (Lipinski definition) is 1. The summed E-state index contributed by atoms with van der Waals surface area (Å²) in [5.41, 5.74) is 7.60. The lowest BCUT2D eigenvalue weighted by Gasteiger charge is -2.32. The van der Waals surface area contributed by atoms with Crippen molar-refractivity contribution in [3.63, 3.8) is 0 Å². The number of nitrogens with two attached hydrogens (primary N) is 1. The molecule has 0 radical (unpaired) electrons. The van der Waals surface area contributed by atoms with Gasteiger partial charge in [-0.2, -0.15) is 0 Å². The zero-order valence-corrected chi connectivity index (χ0v) is 9.26. The van der Waals surface area contributed by atoms with Crippen LogP contribution in [-0.4, -0.2) is 12.3 Å². The molecular formula is C12H19NO. The molecule has 0 aromatic carbocycles. The Morgan fingerprint density at radius 3 is 2.71 bits per heavy atom. The van der Waals surface area contributed by atoms with Crippen LogP contribution in [0.1, 0.15) is 33.6 Å². The van der Waals surface area contributed by atoms with Crippen LogP contribution in [0.2, 0.25) is 0 Å². The third kappa shape index (κ3) is 2.13. The molecule has 1 aliphatic rings. The Morgan fingerprint density at radius 2 is 2.14 bits per heavy atom. The SMILES string of the molecule is CC1=C(/C=C/CN)C(C)(C)CCC1=O. The van der Waals surface area contributed by atoms with Gasteiger partial charge < -0.3 is 5.73 Å². The van der Waals surface area contributed by atoms with Gasteiger partial charge in [0.2, 0.25) is 0 Å². The number of hydrogen-bond acceptors (Lipinski definition) is 2. The number of carbonyl (C=O) groups is 1. The van der Waals surface area contributed by atoms with Crippen LogP contribution in [0.3, 0.4) is 0 Å². The zero-order chi connectivity index (χ0) is 10.8. The molecule has 0 atom stereocenters. The van der Waals surface area contributed by atoms with Crippen molar-refractivity contribution in [1.29, 1.82) is 0 Å². The van der Waals surface area contributed by atoms with E-state index in [1.165, 1.54) is 0 Å². The lowest BCUT2D eigenvalue weighted by molar-refractivity contribution is -0.116. The summed E-state index contributed by atoms with van der Waals surface area (Å²) in [5, 5.41) is 0. The molecule has 1 rings (SSSR count). The van der Waals surface area contributed by atoms with Crippen molar-refractivity contribution in [2.75, 3.05) is 6.54 Å². The highest BCUT2D eigenvalue weighted by Gasteiger charge is 2.30. The maximum atomic E-state index is 11.5. The molecular weight excluding hydrogens is 174 g/mol. The fraction of sp³-hybridized carbons (Fsp3) is 0.583. The second kappa shape index (κ2) is 4.09. The van der Waals surface area contributed by atoms with Crippen LogP contribution in [0.5, 0.6) is 0 Å². The second-order valence-corrected chi connectivity index (χ2v) is 4.48. The molecule has 0 aromatic rings. The number of Topliss-reactive ketones (excluding diaryl/α,β-unsaturated/α-hetero) is 1. The van der Waals surface area contributed by atoms with Crippen molar-refractivity contribution >= 4 is 5.78 Å². The highest BCUT2D eigenvalue weighted by molar-refractivity contribution is 5.97. The lowest BCUT2D eigenvalue weighted by Crippen LogP contribution is -2.24. The van der Waals surface area contributed by atoms with E-state index >= 15 is 0 Å². The molecule has 0 heterocycles. The van der Waals surface area contributed by atoms with E-state index < -0.39 is 0 Å². The Kier molecular flexibility index (Phi) is 3.27. The van der Waals surface area contributed by atoms with E-state index in [9.17, 15) is 4.79 Å². The van der Waals surface area contributed by atoms with Crippen molar-refractivity contribution < 1.29 is 4.79 Å². The topological polar surface area (TPSA) is 43.1 Å². The van der Waals surface area contributed by atoms with Crippen LogP contribution in [0, 0.1) is 5.41 Å². The molecule has 1 aliphatic carbocycles. The first kappa shape index (κ1) is 11.2. The number of rotatable bonds is 2. The average Bonchev–Trinajstić information content (AvgIpc) is 2.12. The first-order valence-electron chi connectivity index (χ1n) is 5.10. The summed E-state index contributed by atoms with van der Waals surface area (Å²) >= 11 is 0. The van der Waals surface area contributed by atoms with Gasteiger partial charge >= 0.3 is 0 Å². The zero-order valence-electron chi connectivity index (χ0n) is 9.26. The van der Waals surface area contributed by atoms with Gasteiger partial charge in [0.05, 0.1) is 0 Å². The van der Waals surface area contributed by atoms with Crippen LogP contribution in [0.25, 0.3) is 0 Å². The van der Waals surface area contributed by atoms with E-state index in [2.05, 4.69) is 13.8 Å².